The van der Waals surface area contributed by atoms with Gasteiger partial charge in [-0.1, -0.05) is 6.07 Å². The molecule has 1 aromatic carbocycles. The summed E-state index contributed by atoms with van der Waals surface area (Å²) in [6, 6.07) is 3.30. The van der Waals surface area contributed by atoms with E-state index in [0.29, 0.717) is 18.5 Å². The van der Waals surface area contributed by atoms with Gasteiger partial charge in [-0.25, -0.2) is 0 Å². The summed E-state index contributed by atoms with van der Waals surface area (Å²) in [7, 11) is 2.61. The van der Waals surface area contributed by atoms with Gasteiger partial charge in [-0.2, -0.15) is 0 Å². The Morgan fingerprint density at radius 2 is 2.05 bits per heavy atom. The lowest BCUT2D eigenvalue weighted by Crippen LogP contribution is -2.52. The summed E-state index contributed by atoms with van der Waals surface area (Å²) in [5.74, 6) is -0.762. The second kappa shape index (κ2) is 4.67. The molecular weight excluding hydrogens is 275 g/mol. The number of rotatable bonds is 1. The van der Waals surface area contributed by atoms with E-state index in [-0.39, 0.29) is 24.1 Å². The van der Waals surface area contributed by atoms with Gasteiger partial charge in [0.2, 0.25) is 11.8 Å². The van der Waals surface area contributed by atoms with Crippen molar-refractivity contribution in [1.29, 1.82) is 0 Å². The molecule has 0 aromatic heterocycles. The van der Waals surface area contributed by atoms with Crippen molar-refractivity contribution in [3.05, 3.63) is 28.8 Å². The Morgan fingerprint density at radius 3 is 2.75 bits per heavy atom. The Kier molecular flexibility index (Phi) is 3.09. The monoisotopic (exact) mass is 290 g/mol. The van der Waals surface area contributed by atoms with Gasteiger partial charge < -0.3 is 4.90 Å². The lowest BCUT2D eigenvalue weighted by atomic mass is 10.0. The second-order valence-corrected chi connectivity index (χ2v) is 5.89. The Bertz CT molecular complexity index is 642. The van der Waals surface area contributed by atoms with Crippen molar-refractivity contribution in [3.63, 3.8) is 0 Å². The van der Waals surface area contributed by atoms with Crippen molar-refractivity contribution < 1.29 is 14.4 Å². The molecule has 2 aliphatic heterocycles. The molecule has 1 fully saturated rings. The largest absolute Gasteiger partial charge is 0.322 e. The molecule has 0 spiro atoms. The van der Waals surface area contributed by atoms with Crippen LogP contribution < -0.4 is 10.6 Å². The number of amides is 3. The molecule has 104 valence electrons. The average molecular weight is 290 g/mol. The van der Waals surface area contributed by atoms with Gasteiger partial charge in [0, 0.05) is 18.5 Å². The first-order chi connectivity index (χ1) is 9.47. The summed E-state index contributed by atoms with van der Waals surface area (Å²) in [4.78, 5) is 37.1. The minimum atomic E-state index is -0.541. The fourth-order valence-electron chi connectivity index (χ4n) is 2.76. The average Bonchev–Trinajstić information content (AvgIpc) is 2.68. The summed E-state index contributed by atoms with van der Waals surface area (Å²) in [5, 5.41) is 3.29. The molecule has 3 rings (SSSR count). The number of piperidine rings is 1. The normalized spacial score (nSPS) is 22.0. The van der Waals surface area contributed by atoms with E-state index in [1.54, 1.807) is 4.90 Å². The number of benzene rings is 1. The predicted octanol–water partition coefficient (Wildman–Crippen LogP) is 0.256. The molecular formula is C14H15N2O3P. The summed E-state index contributed by atoms with van der Waals surface area (Å²) < 4.78 is 0. The Balaban J connectivity index is 1.90. The maximum atomic E-state index is 12.4. The third-order valence-electron chi connectivity index (χ3n) is 3.91. The molecule has 2 atom stereocenters. The maximum absolute atomic E-state index is 12.4. The summed E-state index contributed by atoms with van der Waals surface area (Å²) in [6.07, 6.45) is 0.682. The SMILES string of the molecule is Cc1cc2c(cc1P)C(=O)N(C1CCC(=O)NC1=O)C2. The van der Waals surface area contributed by atoms with Gasteiger partial charge in [0.25, 0.3) is 5.91 Å². The minimum Gasteiger partial charge on any atom is -0.322 e. The van der Waals surface area contributed by atoms with E-state index in [2.05, 4.69) is 14.6 Å². The summed E-state index contributed by atoms with van der Waals surface area (Å²) >= 11 is 0. The van der Waals surface area contributed by atoms with Gasteiger partial charge in [0.1, 0.15) is 6.04 Å². The van der Waals surface area contributed by atoms with E-state index < -0.39 is 6.04 Å². The molecule has 0 aliphatic carbocycles. The molecule has 1 saturated heterocycles. The predicted molar refractivity (Wildman–Crippen MR) is 76.6 cm³/mol. The van der Waals surface area contributed by atoms with Gasteiger partial charge in [-0.3, -0.25) is 19.7 Å². The summed E-state index contributed by atoms with van der Waals surface area (Å²) in [6.45, 7) is 2.42. The van der Waals surface area contributed by atoms with E-state index in [4.69, 9.17) is 0 Å². The lowest BCUT2D eigenvalue weighted by molar-refractivity contribution is -0.136. The second-order valence-electron chi connectivity index (χ2n) is 5.27. The van der Waals surface area contributed by atoms with E-state index >= 15 is 0 Å². The fourth-order valence-corrected chi connectivity index (χ4v) is 3.01. The molecule has 1 N–H and O–H groups in total. The first-order valence-electron chi connectivity index (χ1n) is 6.51. The molecule has 20 heavy (non-hydrogen) atoms. The van der Waals surface area contributed by atoms with Crippen molar-refractivity contribution in [1.82, 2.24) is 10.2 Å². The van der Waals surface area contributed by atoms with Gasteiger partial charge in [-0.15, -0.1) is 9.24 Å². The number of nitrogens with zero attached hydrogens (tertiary/aromatic N) is 1. The van der Waals surface area contributed by atoms with Crippen LogP contribution in [0, 0.1) is 6.92 Å². The first-order valence-corrected chi connectivity index (χ1v) is 7.09. The van der Waals surface area contributed by atoms with E-state index in [1.165, 1.54) is 0 Å². The molecule has 2 aliphatic rings. The molecule has 2 unspecified atom stereocenters. The van der Waals surface area contributed by atoms with Crippen LogP contribution in [0.25, 0.3) is 0 Å². The number of carbonyl (C=O) groups is 3. The van der Waals surface area contributed by atoms with E-state index in [1.807, 2.05) is 19.1 Å². The van der Waals surface area contributed by atoms with Crippen molar-refractivity contribution in [2.75, 3.05) is 0 Å². The molecule has 1 aromatic rings. The molecule has 3 amide bonds. The maximum Gasteiger partial charge on any atom is 0.255 e. The fraction of sp³-hybridized carbons (Fsp3) is 0.357. The third-order valence-corrected chi connectivity index (χ3v) is 4.53. The van der Waals surface area contributed by atoms with Crippen LogP contribution in [0.4, 0.5) is 0 Å². The van der Waals surface area contributed by atoms with Crippen LogP contribution in [0.5, 0.6) is 0 Å². The van der Waals surface area contributed by atoms with Crippen LogP contribution in [0.15, 0.2) is 12.1 Å². The quantitative estimate of drug-likeness (QED) is 0.596. The Morgan fingerprint density at radius 1 is 1.30 bits per heavy atom. The van der Waals surface area contributed by atoms with Crippen LogP contribution in [-0.4, -0.2) is 28.7 Å². The minimum absolute atomic E-state index is 0.127. The number of nitrogens with one attached hydrogen (secondary N) is 1. The number of fused-ring (bicyclic) bond motifs is 1. The number of hydrogen-bond acceptors (Lipinski definition) is 3. The topological polar surface area (TPSA) is 66.5 Å². The van der Waals surface area contributed by atoms with Crippen molar-refractivity contribution >= 4 is 32.3 Å². The zero-order valence-corrected chi connectivity index (χ0v) is 12.3. The molecule has 2 heterocycles. The van der Waals surface area contributed by atoms with Crippen LogP contribution in [0.3, 0.4) is 0 Å². The number of aryl methyl sites for hydroxylation is 1. The van der Waals surface area contributed by atoms with Gasteiger partial charge >= 0.3 is 0 Å². The molecule has 0 radical (unpaired) electrons. The highest BCUT2D eigenvalue weighted by Crippen LogP contribution is 2.27. The highest BCUT2D eigenvalue weighted by atomic mass is 31.0. The van der Waals surface area contributed by atoms with Gasteiger partial charge in [0.15, 0.2) is 0 Å². The zero-order chi connectivity index (χ0) is 14.4. The highest BCUT2D eigenvalue weighted by molar-refractivity contribution is 7.27. The van der Waals surface area contributed by atoms with Gasteiger partial charge in [0.05, 0.1) is 0 Å². The van der Waals surface area contributed by atoms with Gasteiger partial charge in [-0.05, 0) is 35.8 Å². The zero-order valence-electron chi connectivity index (χ0n) is 11.1. The molecule has 0 bridgehead atoms. The van der Waals surface area contributed by atoms with Crippen LogP contribution in [0.1, 0.15) is 34.3 Å². The van der Waals surface area contributed by atoms with Crippen LogP contribution in [-0.2, 0) is 16.1 Å². The van der Waals surface area contributed by atoms with Crippen molar-refractivity contribution in [3.8, 4) is 0 Å². The lowest BCUT2D eigenvalue weighted by Gasteiger charge is -2.29. The van der Waals surface area contributed by atoms with Crippen LogP contribution in [0.2, 0.25) is 0 Å². The third kappa shape index (κ3) is 2.02. The first kappa shape index (κ1) is 13.3. The van der Waals surface area contributed by atoms with Crippen LogP contribution >= 0.6 is 9.24 Å². The molecule has 5 nitrogen and oxygen atoms in total. The van der Waals surface area contributed by atoms with E-state index in [9.17, 15) is 14.4 Å². The Labute approximate surface area is 118 Å². The standard InChI is InChI=1S/C14H15N2O3P/c1-7-4-8-6-16(14(19)9(8)5-11(7)20)10-2-3-12(17)15-13(10)18/h4-5,10H,2-3,6,20H2,1H3,(H,15,17,18). The Hall–Kier alpha value is -1.74. The van der Waals surface area contributed by atoms with Crippen molar-refractivity contribution in [2.45, 2.75) is 32.4 Å². The van der Waals surface area contributed by atoms with Crippen molar-refractivity contribution in [2.24, 2.45) is 0 Å². The smallest absolute Gasteiger partial charge is 0.255 e. The molecule has 0 saturated carbocycles. The number of carbonyl (C=O) groups excluding carboxylic acids is 3. The summed E-state index contributed by atoms with van der Waals surface area (Å²) in [5.41, 5.74) is 2.71. The highest BCUT2D eigenvalue weighted by Gasteiger charge is 2.39. The number of imide groups is 1. The van der Waals surface area contributed by atoms with E-state index in [0.717, 1.165) is 16.4 Å². The number of hydrogen-bond donors (Lipinski definition) is 1. The molecule has 6 heteroatoms.